The summed E-state index contributed by atoms with van der Waals surface area (Å²) < 4.78 is 45.4. The van der Waals surface area contributed by atoms with E-state index in [9.17, 15) is 13.2 Å². The summed E-state index contributed by atoms with van der Waals surface area (Å²) in [5.41, 5.74) is -0.337. The Hall–Kier alpha value is -2.02. The highest BCUT2D eigenvalue weighted by molar-refractivity contribution is 5.37. The lowest BCUT2D eigenvalue weighted by molar-refractivity contribution is -0.137. The van der Waals surface area contributed by atoms with Crippen molar-refractivity contribution in [1.29, 1.82) is 0 Å². The monoisotopic (exact) mass is 311 g/mol. The van der Waals surface area contributed by atoms with Gasteiger partial charge in [0.25, 0.3) is 0 Å². The average Bonchev–Trinajstić information content (AvgIpc) is 2.96. The Kier molecular flexibility index (Phi) is 4.06. The van der Waals surface area contributed by atoms with Crippen molar-refractivity contribution in [2.45, 2.75) is 25.1 Å². The van der Waals surface area contributed by atoms with Crippen LogP contribution in [0.2, 0.25) is 0 Å². The molecule has 1 aliphatic heterocycles. The second-order valence-corrected chi connectivity index (χ2v) is 5.24. The lowest BCUT2D eigenvalue weighted by Crippen LogP contribution is -2.34. The number of nitrogens with zero attached hydrogens (tertiary/aromatic N) is 2. The molecule has 0 radical (unpaired) electrons. The van der Waals surface area contributed by atoms with E-state index in [2.05, 4.69) is 10.4 Å². The highest BCUT2D eigenvalue weighted by Gasteiger charge is 2.30. The van der Waals surface area contributed by atoms with Crippen molar-refractivity contribution < 1.29 is 17.9 Å². The summed E-state index contributed by atoms with van der Waals surface area (Å²) in [5, 5.41) is 7.33. The molecular weight excluding hydrogens is 295 g/mol. The molecule has 0 amide bonds. The van der Waals surface area contributed by atoms with E-state index in [4.69, 9.17) is 4.74 Å². The molecule has 3 rings (SSSR count). The van der Waals surface area contributed by atoms with Gasteiger partial charge in [0.15, 0.2) is 5.75 Å². The van der Waals surface area contributed by atoms with Gasteiger partial charge in [-0.05, 0) is 44.1 Å². The minimum atomic E-state index is -4.36. The highest BCUT2D eigenvalue weighted by Crippen LogP contribution is 2.30. The Morgan fingerprint density at radius 2 is 2.00 bits per heavy atom. The van der Waals surface area contributed by atoms with E-state index in [0.717, 1.165) is 38.1 Å². The second kappa shape index (κ2) is 6.00. The van der Waals surface area contributed by atoms with Crippen molar-refractivity contribution in [3.05, 3.63) is 42.2 Å². The van der Waals surface area contributed by atoms with Gasteiger partial charge < -0.3 is 10.1 Å². The zero-order valence-electron chi connectivity index (χ0n) is 11.8. The number of nitrogens with one attached hydrogen (secondary N) is 1. The Bertz CT molecular complexity index is 633. The first-order chi connectivity index (χ1) is 10.5. The SMILES string of the molecule is FC(F)(F)c1cccc(-n2cc(OC3CCNCC3)cn2)c1. The molecule has 0 unspecified atom stereocenters. The smallest absolute Gasteiger partial charge is 0.416 e. The van der Waals surface area contributed by atoms with Gasteiger partial charge in [0, 0.05) is 0 Å². The van der Waals surface area contributed by atoms with Crippen LogP contribution in [-0.2, 0) is 6.18 Å². The fourth-order valence-corrected chi connectivity index (χ4v) is 2.44. The van der Waals surface area contributed by atoms with Crippen LogP contribution in [0.4, 0.5) is 13.2 Å². The molecule has 22 heavy (non-hydrogen) atoms. The molecule has 1 N–H and O–H groups in total. The molecule has 0 saturated carbocycles. The number of alkyl halides is 3. The molecule has 0 atom stereocenters. The Morgan fingerprint density at radius 1 is 1.23 bits per heavy atom. The van der Waals surface area contributed by atoms with Crippen molar-refractivity contribution in [1.82, 2.24) is 15.1 Å². The van der Waals surface area contributed by atoms with E-state index in [0.29, 0.717) is 11.4 Å². The zero-order valence-corrected chi connectivity index (χ0v) is 11.8. The van der Waals surface area contributed by atoms with Crippen molar-refractivity contribution >= 4 is 0 Å². The highest BCUT2D eigenvalue weighted by atomic mass is 19.4. The zero-order chi connectivity index (χ0) is 15.6. The van der Waals surface area contributed by atoms with Crippen LogP contribution in [0.1, 0.15) is 18.4 Å². The minimum absolute atomic E-state index is 0.125. The number of hydrogen-bond donors (Lipinski definition) is 1. The molecule has 0 spiro atoms. The first-order valence-corrected chi connectivity index (χ1v) is 7.12. The van der Waals surface area contributed by atoms with Crippen LogP contribution in [0, 0.1) is 0 Å². The molecule has 4 nitrogen and oxygen atoms in total. The van der Waals surface area contributed by atoms with Gasteiger partial charge in [0.05, 0.1) is 23.6 Å². The maximum Gasteiger partial charge on any atom is 0.416 e. The van der Waals surface area contributed by atoms with Crippen LogP contribution < -0.4 is 10.1 Å². The predicted octanol–water partition coefficient (Wildman–Crippen LogP) is 3.02. The van der Waals surface area contributed by atoms with Gasteiger partial charge in [-0.3, -0.25) is 0 Å². The summed E-state index contributed by atoms with van der Waals surface area (Å²) in [6, 6.07) is 5.06. The predicted molar refractivity (Wildman–Crippen MR) is 75.1 cm³/mol. The number of benzene rings is 1. The van der Waals surface area contributed by atoms with Gasteiger partial charge in [-0.2, -0.15) is 18.3 Å². The number of ether oxygens (including phenoxy) is 1. The largest absolute Gasteiger partial charge is 0.487 e. The number of aromatic nitrogens is 2. The van der Waals surface area contributed by atoms with Gasteiger partial charge in [-0.25, -0.2) is 4.68 Å². The van der Waals surface area contributed by atoms with Crippen LogP contribution in [0.3, 0.4) is 0 Å². The second-order valence-electron chi connectivity index (χ2n) is 5.24. The Balaban J connectivity index is 1.75. The standard InChI is InChI=1S/C15H16F3N3O/c16-15(17,18)11-2-1-3-12(8-11)21-10-14(9-20-21)22-13-4-6-19-7-5-13/h1-3,8-10,13,19H,4-7H2. The van der Waals surface area contributed by atoms with E-state index in [1.807, 2.05) is 0 Å². The van der Waals surface area contributed by atoms with Gasteiger partial charge in [-0.15, -0.1) is 0 Å². The molecule has 1 aromatic carbocycles. The third-order valence-corrected chi connectivity index (χ3v) is 3.59. The molecule has 1 aromatic heterocycles. The molecule has 0 bridgehead atoms. The van der Waals surface area contributed by atoms with Gasteiger partial charge in [-0.1, -0.05) is 6.07 Å². The maximum atomic E-state index is 12.7. The Morgan fingerprint density at radius 3 is 2.73 bits per heavy atom. The van der Waals surface area contributed by atoms with Crippen molar-refractivity contribution in [2.24, 2.45) is 0 Å². The van der Waals surface area contributed by atoms with Crippen LogP contribution in [-0.4, -0.2) is 29.0 Å². The van der Waals surface area contributed by atoms with E-state index in [1.54, 1.807) is 12.3 Å². The Labute approximate surface area is 125 Å². The summed E-state index contributed by atoms with van der Waals surface area (Å²) in [7, 11) is 0. The van der Waals surface area contributed by atoms with Crippen LogP contribution >= 0.6 is 0 Å². The summed E-state index contributed by atoms with van der Waals surface area (Å²) in [4.78, 5) is 0. The number of piperidine rings is 1. The lowest BCUT2D eigenvalue weighted by Gasteiger charge is -2.22. The third kappa shape index (κ3) is 3.41. The molecule has 7 heteroatoms. The summed E-state index contributed by atoms with van der Waals surface area (Å²) in [5.74, 6) is 0.573. The summed E-state index contributed by atoms with van der Waals surface area (Å²) in [6.07, 6.45) is 0.723. The molecule has 1 aliphatic rings. The molecule has 2 aromatic rings. The molecule has 1 saturated heterocycles. The molecular formula is C15H16F3N3O. The fourth-order valence-electron chi connectivity index (χ4n) is 2.44. The topological polar surface area (TPSA) is 39.1 Å². The third-order valence-electron chi connectivity index (χ3n) is 3.59. The van der Waals surface area contributed by atoms with Crippen LogP contribution in [0.25, 0.3) is 5.69 Å². The van der Waals surface area contributed by atoms with Gasteiger partial charge in [0.2, 0.25) is 0 Å². The first-order valence-electron chi connectivity index (χ1n) is 7.12. The van der Waals surface area contributed by atoms with Gasteiger partial charge in [0.1, 0.15) is 6.10 Å². The maximum absolute atomic E-state index is 12.7. The summed E-state index contributed by atoms with van der Waals surface area (Å²) in [6.45, 7) is 1.82. The van der Waals surface area contributed by atoms with E-state index in [-0.39, 0.29) is 6.10 Å². The minimum Gasteiger partial charge on any atom is -0.487 e. The van der Waals surface area contributed by atoms with Crippen molar-refractivity contribution in [3.63, 3.8) is 0 Å². The van der Waals surface area contributed by atoms with E-state index in [1.165, 1.54) is 16.9 Å². The fraction of sp³-hybridized carbons (Fsp3) is 0.400. The summed E-state index contributed by atoms with van der Waals surface area (Å²) >= 11 is 0. The first kappa shape index (κ1) is 14.9. The number of rotatable bonds is 3. The normalized spacial score (nSPS) is 16.7. The molecule has 1 fully saturated rings. The van der Waals surface area contributed by atoms with Gasteiger partial charge >= 0.3 is 6.18 Å². The van der Waals surface area contributed by atoms with Crippen molar-refractivity contribution in [3.8, 4) is 11.4 Å². The lowest BCUT2D eigenvalue weighted by atomic mass is 10.1. The molecule has 118 valence electrons. The van der Waals surface area contributed by atoms with Crippen LogP contribution in [0.15, 0.2) is 36.7 Å². The quantitative estimate of drug-likeness (QED) is 0.947. The van der Waals surface area contributed by atoms with Crippen molar-refractivity contribution in [2.75, 3.05) is 13.1 Å². The molecule has 2 heterocycles. The van der Waals surface area contributed by atoms with E-state index >= 15 is 0 Å². The van der Waals surface area contributed by atoms with E-state index < -0.39 is 11.7 Å². The number of halogens is 3. The average molecular weight is 311 g/mol. The number of hydrogen-bond acceptors (Lipinski definition) is 3. The molecule has 0 aliphatic carbocycles. The van der Waals surface area contributed by atoms with Crippen LogP contribution in [0.5, 0.6) is 5.75 Å².